The highest BCUT2D eigenvalue weighted by Crippen LogP contribution is 2.42. The third kappa shape index (κ3) is 3.09. The van der Waals surface area contributed by atoms with Crippen LogP contribution in [0.15, 0.2) is 6.33 Å². The van der Waals surface area contributed by atoms with Crippen LogP contribution in [0.1, 0.15) is 57.9 Å². The molecule has 0 atom stereocenters. The van der Waals surface area contributed by atoms with E-state index in [4.69, 9.17) is 14.7 Å². The first-order valence-corrected chi connectivity index (χ1v) is 10.8. The second-order valence-electron chi connectivity index (χ2n) is 7.82. The van der Waals surface area contributed by atoms with E-state index in [1.165, 1.54) is 22.2 Å². The lowest BCUT2D eigenvalue weighted by Crippen LogP contribution is -2.32. The largest absolute Gasteiger partial charge is 0.370 e. The lowest BCUT2D eigenvalue weighted by Gasteiger charge is -2.33. The molecule has 3 aromatic rings. The van der Waals surface area contributed by atoms with E-state index in [1.807, 2.05) is 0 Å². The Hall–Kier alpha value is -1.79. The van der Waals surface area contributed by atoms with Crippen molar-refractivity contribution in [3.8, 4) is 0 Å². The predicted octanol–water partition coefficient (Wildman–Crippen LogP) is 4.89. The lowest BCUT2D eigenvalue weighted by molar-refractivity contribution is -0.0401. The van der Waals surface area contributed by atoms with Crippen LogP contribution in [0.2, 0.25) is 0 Å². The van der Waals surface area contributed by atoms with E-state index in [2.05, 4.69) is 44.5 Å². The van der Waals surface area contributed by atoms with Crippen LogP contribution in [0.5, 0.6) is 0 Å². The molecule has 0 aliphatic carbocycles. The van der Waals surface area contributed by atoms with Crippen molar-refractivity contribution in [1.82, 2.24) is 15.0 Å². The van der Waals surface area contributed by atoms with Crippen molar-refractivity contribution < 1.29 is 4.74 Å². The minimum absolute atomic E-state index is 0.159. The number of aromatic nitrogens is 3. The fraction of sp³-hybridized carbons (Fsp3) is 0.571. The summed E-state index contributed by atoms with van der Waals surface area (Å²) >= 11 is 1.74. The maximum atomic E-state index is 6.14. The summed E-state index contributed by atoms with van der Waals surface area (Å²) in [7, 11) is 0. The van der Waals surface area contributed by atoms with Crippen molar-refractivity contribution >= 4 is 37.6 Å². The topological polar surface area (TPSA) is 51.1 Å². The number of aryl methyl sites for hydroxylation is 1. The Morgan fingerprint density at radius 3 is 2.63 bits per heavy atom. The summed E-state index contributed by atoms with van der Waals surface area (Å²) in [5.74, 6) is 1.03. The van der Waals surface area contributed by atoms with Gasteiger partial charge in [-0.15, -0.1) is 11.3 Å². The Morgan fingerprint density at radius 1 is 1.15 bits per heavy atom. The quantitative estimate of drug-likeness (QED) is 0.627. The smallest absolute Gasteiger partial charge is 0.150 e. The number of thiophene rings is 1. The van der Waals surface area contributed by atoms with E-state index in [0.29, 0.717) is 6.61 Å². The summed E-state index contributed by atoms with van der Waals surface area (Å²) in [5, 5.41) is 1.22. The highest BCUT2D eigenvalue weighted by Gasteiger charge is 2.31. The first-order chi connectivity index (χ1) is 13.0. The fourth-order valence-corrected chi connectivity index (χ4v) is 5.25. The summed E-state index contributed by atoms with van der Waals surface area (Å²) in [6.45, 7) is 13.4. The summed E-state index contributed by atoms with van der Waals surface area (Å²) in [4.78, 5) is 17.8. The lowest BCUT2D eigenvalue weighted by atomic mass is 9.88. The molecule has 4 heterocycles. The first kappa shape index (κ1) is 18.6. The molecule has 0 radical (unpaired) electrons. The van der Waals surface area contributed by atoms with Gasteiger partial charge in [-0.1, -0.05) is 13.3 Å². The molecule has 0 spiro atoms. The summed E-state index contributed by atoms with van der Waals surface area (Å²) in [6.07, 6.45) is 4.68. The van der Waals surface area contributed by atoms with Crippen molar-refractivity contribution in [3.63, 3.8) is 0 Å². The van der Waals surface area contributed by atoms with E-state index >= 15 is 0 Å². The van der Waals surface area contributed by atoms with Gasteiger partial charge in [0.25, 0.3) is 0 Å². The van der Waals surface area contributed by atoms with Gasteiger partial charge in [0, 0.05) is 36.2 Å². The highest BCUT2D eigenvalue weighted by molar-refractivity contribution is 7.26. The van der Waals surface area contributed by atoms with Gasteiger partial charge in [-0.25, -0.2) is 15.0 Å². The first-order valence-electron chi connectivity index (χ1n) is 9.95. The van der Waals surface area contributed by atoms with Crippen LogP contribution in [-0.2, 0) is 24.2 Å². The summed E-state index contributed by atoms with van der Waals surface area (Å²) in [6, 6.07) is 0. The number of pyridine rings is 1. The number of nitrogens with zero attached hydrogens (tertiary/aromatic N) is 4. The highest BCUT2D eigenvalue weighted by atomic mass is 32.1. The molecule has 5 nitrogen and oxygen atoms in total. The Bertz CT molecular complexity index is 991. The Morgan fingerprint density at radius 2 is 1.93 bits per heavy atom. The number of anilines is 1. The maximum absolute atomic E-state index is 6.14. The van der Waals surface area contributed by atoms with Gasteiger partial charge in [0.2, 0.25) is 0 Å². The van der Waals surface area contributed by atoms with Crippen LogP contribution in [0, 0.1) is 0 Å². The molecule has 0 N–H and O–H groups in total. The van der Waals surface area contributed by atoms with E-state index in [0.717, 1.165) is 53.2 Å². The van der Waals surface area contributed by atoms with Gasteiger partial charge in [0.1, 0.15) is 17.0 Å². The van der Waals surface area contributed by atoms with Crippen molar-refractivity contribution in [2.45, 2.75) is 66.1 Å². The van der Waals surface area contributed by atoms with Gasteiger partial charge in [0.05, 0.1) is 22.4 Å². The SMILES string of the molecule is CCCc1nc2sc3c(N(CC)CC)ncnc3c2c2c1COC(C)(C)C2. The third-order valence-corrected chi connectivity index (χ3v) is 6.51. The van der Waals surface area contributed by atoms with Gasteiger partial charge in [-0.3, -0.25) is 0 Å². The zero-order chi connectivity index (χ0) is 19.2. The van der Waals surface area contributed by atoms with E-state index in [1.54, 1.807) is 17.7 Å². The van der Waals surface area contributed by atoms with E-state index in [9.17, 15) is 0 Å². The monoisotopic (exact) mass is 384 g/mol. The number of hydrogen-bond acceptors (Lipinski definition) is 6. The fourth-order valence-electron chi connectivity index (χ4n) is 4.05. The zero-order valence-electron chi connectivity index (χ0n) is 16.9. The normalized spacial score (nSPS) is 16.0. The van der Waals surface area contributed by atoms with Crippen molar-refractivity contribution in [3.05, 3.63) is 23.1 Å². The molecule has 1 aliphatic heterocycles. The zero-order valence-corrected chi connectivity index (χ0v) is 17.7. The molecule has 0 fully saturated rings. The van der Waals surface area contributed by atoms with Gasteiger partial charge in [-0.2, -0.15) is 0 Å². The molecule has 0 saturated carbocycles. The molecular weight excluding hydrogens is 356 g/mol. The van der Waals surface area contributed by atoms with Gasteiger partial charge < -0.3 is 9.64 Å². The average molecular weight is 385 g/mol. The molecular formula is C21H28N4OS. The van der Waals surface area contributed by atoms with Crippen LogP contribution < -0.4 is 4.90 Å². The molecule has 27 heavy (non-hydrogen) atoms. The number of fused-ring (bicyclic) bond motifs is 5. The van der Waals surface area contributed by atoms with Gasteiger partial charge >= 0.3 is 0 Å². The molecule has 144 valence electrons. The molecule has 0 aromatic carbocycles. The van der Waals surface area contributed by atoms with Crippen molar-refractivity contribution in [2.75, 3.05) is 18.0 Å². The van der Waals surface area contributed by atoms with E-state index < -0.39 is 0 Å². The summed E-state index contributed by atoms with van der Waals surface area (Å²) < 4.78 is 7.29. The molecule has 0 amide bonds. The Balaban J connectivity index is 2.04. The van der Waals surface area contributed by atoms with E-state index in [-0.39, 0.29) is 5.60 Å². The Labute approximate surface area is 164 Å². The van der Waals surface area contributed by atoms with Crippen LogP contribution >= 0.6 is 11.3 Å². The average Bonchev–Trinajstić information content (AvgIpc) is 3.01. The molecule has 0 unspecified atom stereocenters. The minimum Gasteiger partial charge on any atom is -0.370 e. The minimum atomic E-state index is -0.159. The van der Waals surface area contributed by atoms with Crippen LogP contribution in [0.25, 0.3) is 20.4 Å². The van der Waals surface area contributed by atoms with Crippen LogP contribution in [0.3, 0.4) is 0 Å². The molecule has 4 rings (SSSR count). The summed E-state index contributed by atoms with van der Waals surface area (Å²) in [5.41, 5.74) is 4.76. The predicted molar refractivity (Wildman–Crippen MR) is 113 cm³/mol. The van der Waals surface area contributed by atoms with Crippen molar-refractivity contribution in [1.29, 1.82) is 0 Å². The number of ether oxygens (including phenoxy) is 1. The molecule has 0 saturated heterocycles. The second kappa shape index (κ2) is 6.99. The van der Waals surface area contributed by atoms with Gasteiger partial charge in [0.15, 0.2) is 0 Å². The number of hydrogen-bond donors (Lipinski definition) is 0. The standard InChI is InChI=1S/C21H28N4OS/c1-6-9-15-14-11-26-21(4,5)10-13(14)16-17-18(27-20(16)24-15)19(23-12-22-17)25(7-2)8-3/h12H,6-11H2,1-5H3. The number of rotatable bonds is 5. The Kier molecular flexibility index (Phi) is 4.80. The second-order valence-corrected chi connectivity index (χ2v) is 8.82. The molecule has 3 aromatic heterocycles. The van der Waals surface area contributed by atoms with Gasteiger partial charge in [-0.05, 0) is 39.7 Å². The van der Waals surface area contributed by atoms with Crippen LogP contribution in [-0.4, -0.2) is 33.6 Å². The maximum Gasteiger partial charge on any atom is 0.150 e. The molecule has 1 aliphatic rings. The molecule has 0 bridgehead atoms. The van der Waals surface area contributed by atoms with Crippen LogP contribution in [0.4, 0.5) is 5.82 Å². The third-order valence-electron chi connectivity index (χ3n) is 5.44. The molecule has 6 heteroatoms. The van der Waals surface area contributed by atoms with Crippen molar-refractivity contribution in [2.24, 2.45) is 0 Å².